The van der Waals surface area contributed by atoms with E-state index in [9.17, 15) is 9.59 Å². The smallest absolute Gasteiger partial charge is 0.226 e. The van der Waals surface area contributed by atoms with Gasteiger partial charge in [0, 0.05) is 25.6 Å². The van der Waals surface area contributed by atoms with E-state index in [1.807, 2.05) is 18.7 Å². The van der Waals surface area contributed by atoms with Crippen molar-refractivity contribution >= 4 is 11.8 Å². The van der Waals surface area contributed by atoms with E-state index in [1.165, 1.54) is 0 Å². The minimum Gasteiger partial charge on any atom is -0.370 e. The third-order valence-electron chi connectivity index (χ3n) is 3.50. The Hall–Kier alpha value is -1.10. The number of piperidine rings is 1. The first-order chi connectivity index (χ1) is 7.91. The van der Waals surface area contributed by atoms with Crippen LogP contribution in [0, 0.1) is 11.8 Å². The Kier molecular flexibility index (Phi) is 4.93. The van der Waals surface area contributed by atoms with Crippen LogP contribution in [0.1, 0.15) is 33.1 Å². The van der Waals surface area contributed by atoms with Crippen molar-refractivity contribution in [3.05, 3.63) is 0 Å². The number of primary amides is 1. The minimum absolute atomic E-state index is 0.0918. The molecule has 5 nitrogen and oxygen atoms in total. The van der Waals surface area contributed by atoms with E-state index >= 15 is 0 Å². The van der Waals surface area contributed by atoms with Crippen LogP contribution in [0.5, 0.6) is 0 Å². The summed E-state index contributed by atoms with van der Waals surface area (Å²) in [4.78, 5) is 24.8. The molecule has 5 heteroatoms. The van der Waals surface area contributed by atoms with E-state index < -0.39 is 0 Å². The van der Waals surface area contributed by atoms with Crippen molar-refractivity contribution in [1.29, 1.82) is 0 Å². The number of hydrogen-bond donors (Lipinski definition) is 2. The molecule has 0 spiro atoms. The first-order valence-corrected chi connectivity index (χ1v) is 6.24. The molecule has 0 aliphatic carbocycles. The lowest BCUT2D eigenvalue weighted by Crippen LogP contribution is -2.46. The maximum atomic E-state index is 12.1. The number of carbonyl (C=O) groups excluding carboxylic acids is 2. The third kappa shape index (κ3) is 4.00. The Balaban J connectivity index is 2.54. The van der Waals surface area contributed by atoms with Crippen molar-refractivity contribution in [2.75, 3.05) is 13.1 Å². The molecule has 0 bridgehead atoms. The molecular weight excluding hydrogens is 218 g/mol. The Morgan fingerprint density at radius 1 is 1.41 bits per heavy atom. The molecule has 17 heavy (non-hydrogen) atoms. The minimum atomic E-state index is -0.287. The van der Waals surface area contributed by atoms with Crippen molar-refractivity contribution < 1.29 is 9.59 Å². The average molecular weight is 241 g/mol. The van der Waals surface area contributed by atoms with E-state index in [2.05, 4.69) is 0 Å². The Labute approximate surface area is 103 Å². The Morgan fingerprint density at radius 3 is 2.59 bits per heavy atom. The first-order valence-electron chi connectivity index (χ1n) is 6.24. The lowest BCUT2D eigenvalue weighted by Gasteiger charge is -2.34. The molecule has 4 N–H and O–H groups in total. The maximum Gasteiger partial charge on any atom is 0.226 e. The maximum absolute atomic E-state index is 12.1. The fourth-order valence-corrected chi connectivity index (χ4v) is 2.23. The zero-order chi connectivity index (χ0) is 13.0. The molecule has 2 amide bonds. The average Bonchev–Trinajstić information content (AvgIpc) is 2.26. The van der Waals surface area contributed by atoms with Crippen LogP contribution < -0.4 is 11.5 Å². The monoisotopic (exact) mass is 241 g/mol. The fourth-order valence-electron chi connectivity index (χ4n) is 2.23. The van der Waals surface area contributed by atoms with Gasteiger partial charge in [0.25, 0.3) is 0 Å². The molecule has 0 aromatic heterocycles. The molecule has 0 saturated carbocycles. The summed E-state index contributed by atoms with van der Waals surface area (Å²) in [6.45, 7) is 5.10. The second-order valence-electron chi connectivity index (χ2n) is 5.11. The highest BCUT2D eigenvalue weighted by Gasteiger charge is 2.28. The number of carbonyl (C=O) groups is 2. The van der Waals surface area contributed by atoms with Gasteiger partial charge >= 0.3 is 0 Å². The molecule has 0 aromatic rings. The quantitative estimate of drug-likeness (QED) is 0.730. The zero-order valence-corrected chi connectivity index (χ0v) is 10.7. The number of likely N-dealkylation sites (tertiary alicyclic amines) is 1. The van der Waals surface area contributed by atoms with E-state index in [-0.39, 0.29) is 29.7 Å². The topological polar surface area (TPSA) is 89.4 Å². The summed E-state index contributed by atoms with van der Waals surface area (Å²) in [7, 11) is 0. The normalized spacial score (nSPS) is 24.2. The third-order valence-corrected chi connectivity index (χ3v) is 3.50. The van der Waals surface area contributed by atoms with E-state index in [0.29, 0.717) is 13.0 Å². The summed E-state index contributed by atoms with van der Waals surface area (Å²) in [5, 5.41) is 0. The predicted molar refractivity (Wildman–Crippen MR) is 65.9 cm³/mol. The van der Waals surface area contributed by atoms with Crippen molar-refractivity contribution in [1.82, 2.24) is 4.90 Å². The molecule has 1 saturated heterocycles. The largest absolute Gasteiger partial charge is 0.370 e. The van der Waals surface area contributed by atoms with E-state index in [0.717, 1.165) is 19.4 Å². The molecule has 3 unspecified atom stereocenters. The first kappa shape index (κ1) is 14.0. The van der Waals surface area contributed by atoms with Gasteiger partial charge in [0.05, 0.1) is 5.92 Å². The van der Waals surface area contributed by atoms with Gasteiger partial charge < -0.3 is 16.4 Å². The lowest BCUT2D eigenvalue weighted by atomic mass is 9.93. The molecule has 98 valence electrons. The number of nitrogens with zero attached hydrogens (tertiary/aromatic N) is 1. The van der Waals surface area contributed by atoms with Gasteiger partial charge in [-0.2, -0.15) is 0 Å². The van der Waals surface area contributed by atoms with Crippen LogP contribution in [0.15, 0.2) is 0 Å². The van der Waals surface area contributed by atoms with Gasteiger partial charge in [-0.1, -0.05) is 6.92 Å². The van der Waals surface area contributed by atoms with Gasteiger partial charge in [0.1, 0.15) is 0 Å². The summed E-state index contributed by atoms with van der Waals surface area (Å²) >= 11 is 0. The molecule has 1 aliphatic rings. The van der Waals surface area contributed by atoms with E-state index in [4.69, 9.17) is 11.5 Å². The summed E-state index contributed by atoms with van der Waals surface area (Å²) in [5.74, 6) is -0.147. The van der Waals surface area contributed by atoms with Gasteiger partial charge in [-0.3, -0.25) is 9.59 Å². The standard InChI is InChI=1S/C12H23N3O2/c1-8(9(2)13)12(17)15-5-3-4-10(7-15)6-11(14)16/h8-10H,3-7,13H2,1-2H3,(H2,14,16). The molecule has 1 fully saturated rings. The SMILES string of the molecule is CC(N)C(C)C(=O)N1CCCC(CC(N)=O)C1. The van der Waals surface area contributed by atoms with E-state index in [1.54, 1.807) is 0 Å². The number of nitrogens with two attached hydrogens (primary N) is 2. The van der Waals surface area contributed by atoms with Gasteiger partial charge in [-0.05, 0) is 25.7 Å². The highest BCUT2D eigenvalue weighted by molar-refractivity contribution is 5.79. The van der Waals surface area contributed by atoms with Crippen molar-refractivity contribution in [2.45, 2.75) is 39.2 Å². The fraction of sp³-hybridized carbons (Fsp3) is 0.833. The van der Waals surface area contributed by atoms with Crippen LogP contribution in [0.25, 0.3) is 0 Å². The van der Waals surface area contributed by atoms with Gasteiger partial charge in [0.15, 0.2) is 0 Å². The molecule has 3 atom stereocenters. The van der Waals surface area contributed by atoms with Crippen LogP contribution in [0.4, 0.5) is 0 Å². The van der Waals surface area contributed by atoms with Crippen LogP contribution in [0.2, 0.25) is 0 Å². The molecular formula is C12H23N3O2. The number of hydrogen-bond acceptors (Lipinski definition) is 3. The van der Waals surface area contributed by atoms with Crippen LogP contribution in [-0.4, -0.2) is 35.8 Å². The highest BCUT2D eigenvalue weighted by Crippen LogP contribution is 2.21. The van der Waals surface area contributed by atoms with Crippen LogP contribution >= 0.6 is 0 Å². The number of rotatable bonds is 4. The van der Waals surface area contributed by atoms with Gasteiger partial charge in [-0.15, -0.1) is 0 Å². The molecule has 1 rings (SSSR count). The van der Waals surface area contributed by atoms with Gasteiger partial charge in [0.2, 0.25) is 11.8 Å². The summed E-state index contributed by atoms with van der Waals surface area (Å²) in [5.41, 5.74) is 10.9. The predicted octanol–water partition coefficient (Wildman–Crippen LogP) is 0.0837. The second-order valence-corrected chi connectivity index (χ2v) is 5.11. The molecule has 1 heterocycles. The Morgan fingerprint density at radius 2 is 2.06 bits per heavy atom. The summed E-state index contributed by atoms with van der Waals surface area (Å²) in [6.07, 6.45) is 2.28. The molecule has 0 radical (unpaired) electrons. The zero-order valence-electron chi connectivity index (χ0n) is 10.7. The summed E-state index contributed by atoms with van der Waals surface area (Å²) in [6, 6.07) is -0.140. The second kappa shape index (κ2) is 6.00. The van der Waals surface area contributed by atoms with Crippen molar-refractivity contribution in [3.63, 3.8) is 0 Å². The number of amides is 2. The van der Waals surface area contributed by atoms with Crippen LogP contribution in [0.3, 0.4) is 0 Å². The molecule has 0 aromatic carbocycles. The Bertz CT molecular complexity index is 291. The summed E-state index contributed by atoms with van der Waals surface area (Å²) < 4.78 is 0. The molecule has 1 aliphatic heterocycles. The lowest BCUT2D eigenvalue weighted by molar-refractivity contribution is -0.138. The van der Waals surface area contributed by atoms with Crippen molar-refractivity contribution in [3.8, 4) is 0 Å². The van der Waals surface area contributed by atoms with Crippen LogP contribution in [-0.2, 0) is 9.59 Å². The highest BCUT2D eigenvalue weighted by atomic mass is 16.2. The van der Waals surface area contributed by atoms with Gasteiger partial charge in [-0.25, -0.2) is 0 Å². The van der Waals surface area contributed by atoms with Crippen molar-refractivity contribution in [2.24, 2.45) is 23.3 Å².